The van der Waals surface area contributed by atoms with E-state index >= 15 is 0 Å². The Morgan fingerprint density at radius 2 is 2.27 bits per heavy atom. The molecule has 0 saturated heterocycles. The van der Waals surface area contributed by atoms with Gasteiger partial charge in [0.05, 0.1) is 6.07 Å². The summed E-state index contributed by atoms with van der Waals surface area (Å²) < 4.78 is 0. The Morgan fingerprint density at radius 1 is 1.45 bits per heavy atom. The van der Waals surface area contributed by atoms with Crippen LogP contribution in [0, 0.1) is 29.1 Å². The van der Waals surface area contributed by atoms with Gasteiger partial charge in [-0.25, -0.2) is 0 Å². The molecule has 4 atom stereocenters. The summed E-state index contributed by atoms with van der Waals surface area (Å²) >= 11 is 1.74. The quantitative estimate of drug-likeness (QED) is 0.546. The average molecular weight is 163 g/mol. The lowest BCUT2D eigenvalue weighted by atomic mass is 9.96. The monoisotopic (exact) mass is 163 g/mol. The largest absolute Gasteiger partial charge is 0.197 e. The first-order valence-corrected chi connectivity index (χ1v) is 5.09. The average Bonchev–Trinajstić information content (AvgIpc) is 2.55. The predicted octanol–water partition coefficient (Wildman–Crippen LogP) is 2.17. The van der Waals surface area contributed by atoms with Gasteiger partial charge in [0.2, 0.25) is 0 Å². The second kappa shape index (κ2) is 1.84. The maximum atomic E-state index is 8.81. The van der Waals surface area contributed by atoms with Gasteiger partial charge < -0.3 is 0 Å². The number of hydrogen-bond donors (Lipinski definition) is 0. The van der Waals surface area contributed by atoms with E-state index in [-0.39, 0.29) is 5.25 Å². The first-order chi connectivity index (χ1) is 5.40. The van der Waals surface area contributed by atoms with Crippen molar-refractivity contribution in [3.63, 3.8) is 0 Å². The predicted molar refractivity (Wildman–Crippen MR) is 44.8 cm³/mol. The minimum atomic E-state index is 0.262. The van der Waals surface area contributed by atoms with E-state index in [9.17, 15) is 0 Å². The molecular formula is C9H9NS. The van der Waals surface area contributed by atoms with Crippen LogP contribution in [0.1, 0.15) is 12.8 Å². The third-order valence-corrected chi connectivity index (χ3v) is 4.31. The van der Waals surface area contributed by atoms with Gasteiger partial charge in [-0.1, -0.05) is 5.57 Å². The van der Waals surface area contributed by atoms with E-state index in [1.807, 2.05) is 0 Å². The maximum absolute atomic E-state index is 8.81. The topological polar surface area (TPSA) is 23.8 Å². The highest BCUT2D eigenvalue weighted by molar-refractivity contribution is 8.03. The van der Waals surface area contributed by atoms with Crippen LogP contribution in [-0.2, 0) is 0 Å². The first-order valence-electron chi connectivity index (χ1n) is 4.15. The Kier molecular flexibility index (Phi) is 1.03. The number of hydrogen-bond acceptors (Lipinski definition) is 2. The van der Waals surface area contributed by atoms with Gasteiger partial charge in [0.1, 0.15) is 5.25 Å². The zero-order chi connectivity index (χ0) is 7.42. The molecule has 4 unspecified atom stereocenters. The van der Waals surface area contributed by atoms with Crippen molar-refractivity contribution in [1.82, 2.24) is 0 Å². The van der Waals surface area contributed by atoms with E-state index in [1.54, 1.807) is 17.3 Å². The molecule has 1 aliphatic heterocycles. The van der Waals surface area contributed by atoms with E-state index in [4.69, 9.17) is 5.26 Å². The van der Waals surface area contributed by atoms with Crippen molar-refractivity contribution in [2.24, 2.45) is 17.8 Å². The van der Waals surface area contributed by atoms with Crippen molar-refractivity contribution >= 4 is 11.8 Å². The Balaban J connectivity index is 1.93. The molecule has 2 fully saturated rings. The van der Waals surface area contributed by atoms with Crippen molar-refractivity contribution in [3.05, 3.63) is 11.0 Å². The summed E-state index contributed by atoms with van der Waals surface area (Å²) in [6, 6.07) is 2.39. The molecule has 0 spiro atoms. The lowest BCUT2D eigenvalue weighted by Crippen LogP contribution is -2.10. The highest BCUT2D eigenvalue weighted by Crippen LogP contribution is 2.62. The molecule has 3 rings (SSSR count). The van der Waals surface area contributed by atoms with Crippen molar-refractivity contribution in [1.29, 1.82) is 5.26 Å². The van der Waals surface area contributed by atoms with Crippen molar-refractivity contribution in [2.75, 3.05) is 0 Å². The summed E-state index contributed by atoms with van der Waals surface area (Å²) in [6.07, 6.45) is 2.72. The van der Waals surface area contributed by atoms with Crippen molar-refractivity contribution < 1.29 is 0 Å². The van der Waals surface area contributed by atoms with Crippen LogP contribution >= 0.6 is 11.8 Å². The summed E-state index contributed by atoms with van der Waals surface area (Å²) in [5, 5.41) is 11.3. The van der Waals surface area contributed by atoms with E-state index < -0.39 is 0 Å². The number of nitriles is 1. The highest BCUT2D eigenvalue weighted by atomic mass is 32.2. The Labute approximate surface area is 70.5 Å². The lowest BCUT2D eigenvalue weighted by molar-refractivity contribution is 0.599. The van der Waals surface area contributed by atoms with Crippen LogP contribution in [0.2, 0.25) is 0 Å². The van der Waals surface area contributed by atoms with Gasteiger partial charge >= 0.3 is 0 Å². The minimum Gasteiger partial charge on any atom is -0.197 e. The fourth-order valence-corrected chi connectivity index (χ4v) is 3.67. The van der Waals surface area contributed by atoms with Crippen molar-refractivity contribution in [2.45, 2.75) is 18.1 Å². The van der Waals surface area contributed by atoms with E-state index in [0.717, 1.165) is 11.8 Å². The molecule has 0 amide bonds. The zero-order valence-corrected chi connectivity index (χ0v) is 6.97. The van der Waals surface area contributed by atoms with Crippen LogP contribution in [0.25, 0.3) is 0 Å². The molecule has 2 saturated carbocycles. The zero-order valence-electron chi connectivity index (χ0n) is 6.16. The maximum Gasteiger partial charge on any atom is 0.102 e. The smallest absolute Gasteiger partial charge is 0.102 e. The minimum absolute atomic E-state index is 0.262. The van der Waals surface area contributed by atoms with Gasteiger partial charge in [-0.05, 0) is 30.1 Å². The van der Waals surface area contributed by atoms with E-state index in [1.165, 1.54) is 12.8 Å². The highest BCUT2D eigenvalue weighted by Gasteiger charge is 2.53. The third-order valence-electron chi connectivity index (χ3n) is 3.18. The molecule has 0 aromatic carbocycles. The molecule has 0 aromatic rings. The van der Waals surface area contributed by atoms with Crippen LogP contribution in [0.15, 0.2) is 11.0 Å². The van der Waals surface area contributed by atoms with Gasteiger partial charge in [0.15, 0.2) is 0 Å². The van der Waals surface area contributed by atoms with Crippen molar-refractivity contribution in [3.8, 4) is 6.07 Å². The number of allylic oxidation sites excluding steroid dienone is 1. The molecule has 0 N–H and O–H groups in total. The SMILES string of the molecule is N#CC1SC=C2C3CC3CC21. The second-order valence-corrected chi connectivity index (χ2v) is 4.76. The van der Waals surface area contributed by atoms with E-state index in [0.29, 0.717) is 5.92 Å². The van der Waals surface area contributed by atoms with E-state index in [2.05, 4.69) is 11.5 Å². The second-order valence-electron chi connectivity index (χ2n) is 3.75. The van der Waals surface area contributed by atoms with Gasteiger partial charge in [0, 0.05) is 5.92 Å². The summed E-state index contributed by atoms with van der Waals surface area (Å²) in [5.74, 6) is 2.53. The fraction of sp³-hybridized carbons (Fsp3) is 0.667. The number of thioether (sulfide) groups is 1. The molecule has 3 aliphatic rings. The number of fused-ring (bicyclic) bond motifs is 3. The van der Waals surface area contributed by atoms with Crippen LogP contribution in [0.4, 0.5) is 0 Å². The molecule has 0 bridgehead atoms. The number of nitrogens with zero attached hydrogens (tertiary/aromatic N) is 1. The molecule has 56 valence electrons. The third kappa shape index (κ3) is 0.674. The summed E-state index contributed by atoms with van der Waals surface area (Å²) in [6.45, 7) is 0. The Hall–Kier alpha value is -0.420. The lowest BCUT2D eigenvalue weighted by Gasteiger charge is -2.10. The van der Waals surface area contributed by atoms with Gasteiger partial charge in [-0.3, -0.25) is 0 Å². The molecule has 11 heavy (non-hydrogen) atoms. The summed E-state index contributed by atoms with van der Waals surface area (Å²) in [7, 11) is 0. The molecule has 0 radical (unpaired) electrons. The molecule has 2 aliphatic carbocycles. The summed E-state index contributed by atoms with van der Waals surface area (Å²) in [5.41, 5.74) is 1.62. The normalized spacial score (nSPS) is 51.0. The van der Waals surface area contributed by atoms with Crippen LogP contribution in [-0.4, -0.2) is 5.25 Å². The molecule has 2 heteroatoms. The standard InChI is InChI=1S/C9H9NS/c10-3-9-7-2-5-1-6(5)8(7)4-11-9/h4-7,9H,1-2H2. The first kappa shape index (κ1) is 6.14. The molecular weight excluding hydrogens is 154 g/mol. The van der Waals surface area contributed by atoms with Crippen LogP contribution in [0.3, 0.4) is 0 Å². The fourth-order valence-electron chi connectivity index (χ4n) is 2.49. The molecule has 1 nitrogen and oxygen atoms in total. The van der Waals surface area contributed by atoms with Gasteiger partial charge in [-0.2, -0.15) is 5.26 Å². The molecule has 0 aromatic heterocycles. The summed E-state index contributed by atoms with van der Waals surface area (Å²) in [4.78, 5) is 0. The Morgan fingerprint density at radius 3 is 3.09 bits per heavy atom. The van der Waals surface area contributed by atoms with Crippen LogP contribution < -0.4 is 0 Å². The number of rotatable bonds is 0. The Bertz CT molecular complexity index is 276. The van der Waals surface area contributed by atoms with Crippen LogP contribution in [0.5, 0.6) is 0 Å². The molecule has 1 heterocycles. The van der Waals surface area contributed by atoms with Gasteiger partial charge in [0.25, 0.3) is 0 Å². The van der Waals surface area contributed by atoms with Gasteiger partial charge in [-0.15, -0.1) is 11.8 Å².